The van der Waals surface area contributed by atoms with E-state index in [1.54, 1.807) is 29.7 Å². The van der Waals surface area contributed by atoms with E-state index in [0.29, 0.717) is 17.0 Å². The predicted molar refractivity (Wildman–Crippen MR) is 83.8 cm³/mol. The fourth-order valence-corrected chi connectivity index (χ4v) is 2.23. The second kappa shape index (κ2) is 5.65. The van der Waals surface area contributed by atoms with Gasteiger partial charge in [-0.2, -0.15) is 0 Å². The normalized spacial score (nSPS) is 10.7. The molecule has 1 N–H and O–H groups in total. The summed E-state index contributed by atoms with van der Waals surface area (Å²) < 4.78 is 1.73. The van der Waals surface area contributed by atoms with E-state index in [9.17, 15) is 14.9 Å². The van der Waals surface area contributed by atoms with E-state index in [4.69, 9.17) is 11.6 Å². The number of carbonyl (C=O) groups is 1. The molecule has 0 aliphatic heterocycles. The third-order valence-electron chi connectivity index (χ3n) is 3.25. The molecule has 0 saturated heterocycles. The number of nitro groups is 1. The van der Waals surface area contributed by atoms with Crippen LogP contribution in [0.2, 0.25) is 5.02 Å². The van der Waals surface area contributed by atoms with Crippen LogP contribution >= 0.6 is 11.6 Å². The van der Waals surface area contributed by atoms with Gasteiger partial charge in [0.15, 0.2) is 5.65 Å². The van der Waals surface area contributed by atoms with Crippen molar-refractivity contribution in [1.29, 1.82) is 0 Å². The second-order valence-corrected chi connectivity index (χ2v) is 5.17. The highest BCUT2D eigenvalue weighted by Crippen LogP contribution is 2.27. The number of nitrogens with one attached hydrogen (secondary N) is 1. The SMILES string of the molecule is Cc1nnc2cc(C(=O)Nc3cc([N+](=O)[O-])ccc3Cl)ccn12. The van der Waals surface area contributed by atoms with Gasteiger partial charge in [0.05, 0.1) is 15.6 Å². The fraction of sp³-hybridized carbons (Fsp3) is 0.0714. The number of non-ortho nitro benzene ring substituents is 1. The minimum atomic E-state index is -0.559. The summed E-state index contributed by atoms with van der Waals surface area (Å²) in [7, 11) is 0. The van der Waals surface area contributed by atoms with Crippen molar-refractivity contribution in [2.24, 2.45) is 0 Å². The number of amides is 1. The van der Waals surface area contributed by atoms with Crippen LogP contribution in [-0.4, -0.2) is 25.4 Å². The number of benzene rings is 1. The van der Waals surface area contributed by atoms with Crippen molar-refractivity contribution in [3.05, 3.63) is 63.1 Å². The molecule has 116 valence electrons. The maximum absolute atomic E-state index is 12.3. The van der Waals surface area contributed by atoms with E-state index in [2.05, 4.69) is 15.5 Å². The number of fused-ring (bicyclic) bond motifs is 1. The molecule has 0 radical (unpaired) electrons. The van der Waals surface area contributed by atoms with Gasteiger partial charge in [-0.1, -0.05) is 11.6 Å². The molecule has 0 bridgehead atoms. The van der Waals surface area contributed by atoms with E-state index in [1.807, 2.05) is 0 Å². The van der Waals surface area contributed by atoms with E-state index in [-0.39, 0.29) is 16.4 Å². The van der Waals surface area contributed by atoms with Crippen LogP contribution in [0.3, 0.4) is 0 Å². The minimum absolute atomic E-state index is 0.159. The highest BCUT2D eigenvalue weighted by Gasteiger charge is 2.14. The van der Waals surface area contributed by atoms with Crippen LogP contribution in [0.4, 0.5) is 11.4 Å². The molecule has 2 aromatic heterocycles. The topological polar surface area (TPSA) is 102 Å². The van der Waals surface area contributed by atoms with Gasteiger partial charge in [-0.25, -0.2) is 0 Å². The number of carbonyl (C=O) groups excluding carboxylic acids is 1. The van der Waals surface area contributed by atoms with Crippen molar-refractivity contribution in [2.45, 2.75) is 6.92 Å². The van der Waals surface area contributed by atoms with Gasteiger partial charge in [-0.05, 0) is 25.1 Å². The third kappa shape index (κ3) is 2.84. The Morgan fingerprint density at radius 2 is 2.09 bits per heavy atom. The lowest BCUT2D eigenvalue weighted by Gasteiger charge is -2.07. The van der Waals surface area contributed by atoms with Crippen LogP contribution < -0.4 is 5.32 Å². The first kappa shape index (κ1) is 14.9. The maximum Gasteiger partial charge on any atom is 0.271 e. The minimum Gasteiger partial charge on any atom is -0.320 e. The van der Waals surface area contributed by atoms with Crippen LogP contribution in [0, 0.1) is 17.0 Å². The quantitative estimate of drug-likeness (QED) is 0.587. The van der Waals surface area contributed by atoms with Crippen LogP contribution in [0.1, 0.15) is 16.2 Å². The summed E-state index contributed by atoms with van der Waals surface area (Å²) in [5, 5.41) is 21.4. The van der Waals surface area contributed by atoms with Gasteiger partial charge in [0.2, 0.25) is 0 Å². The van der Waals surface area contributed by atoms with Crippen molar-refractivity contribution < 1.29 is 9.72 Å². The Kier molecular flexibility index (Phi) is 3.67. The molecule has 3 aromatic rings. The van der Waals surface area contributed by atoms with Crippen molar-refractivity contribution in [1.82, 2.24) is 14.6 Å². The number of aryl methyl sites for hydroxylation is 1. The molecule has 0 atom stereocenters. The molecule has 3 rings (SSSR count). The molecule has 1 aromatic carbocycles. The molecule has 0 aliphatic carbocycles. The summed E-state index contributed by atoms with van der Waals surface area (Å²) in [6.45, 7) is 1.79. The molecule has 0 aliphatic rings. The number of rotatable bonds is 3. The number of halogens is 1. The summed E-state index contributed by atoms with van der Waals surface area (Å²) in [4.78, 5) is 22.5. The lowest BCUT2D eigenvalue weighted by molar-refractivity contribution is -0.384. The average molecular weight is 332 g/mol. The molecule has 23 heavy (non-hydrogen) atoms. The summed E-state index contributed by atoms with van der Waals surface area (Å²) in [5.41, 5.74) is 0.879. The number of aromatic nitrogens is 3. The van der Waals surface area contributed by atoms with Gasteiger partial charge < -0.3 is 5.32 Å². The van der Waals surface area contributed by atoms with E-state index < -0.39 is 10.8 Å². The smallest absolute Gasteiger partial charge is 0.271 e. The Morgan fingerprint density at radius 1 is 1.30 bits per heavy atom. The molecule has 0 saturated carbocycles. The molecule has 0 fully saturated rings. The van der Waals surface area contributed by atoms with E-state index in [0.717, 1.165) is 0 Å². The Morgan fingerprint density at radius 3 is 2.83 bits per heavy atom. The zero-order chi connectivity index (χ0) is 16.6. The van der Waals surface area contributed by atoms with Crippen LogP contribution in [0.5, 0.6) is 0 Å². The summed E-state index contributed by atoms with van der Waals surface area (Å²) in [5.74, 6) is 0.254. The monoisotopic (exact) mass is 331 g/mol. The first-order valence-electron chi connectivity index (χ1n) is 6.52. The number of nitro benzene ring substituents is 1. The Balaban J connectivity index is 1.91. The molecule has 2 heterocycles. The zero-order valence-corrected chi connectivity index (χ0v) is 12.6. The molecular weight excluding hydrogens is 322 g/mol. The summed E-state index contributed by atoms with van der Waals surface area (Å²) >= 11 is 5.97. The highest BCUT2D eigenvalue weighted by molar-refractivity contribution is 6.34. The van der Waals surface area contributed by atoms with Crippen LogP contribution in [0.25, 0.3) is 5.65 Å². The number of nitrogens with zero attached hydrogens (tertiary/aromatic N) is 4. The van der Waals surface area contributed by atoms with E-state index in [1.165, 1.54) is 18.2 Å². The molecule has 0 spiro atoms. The molecule has 0 unspecified atom stereocenters. The number of pyridine rings is 1. The standard InChI is InChI=1S/C14H10ClN5O3/c1-8-17-18-13-6-9(4-5-19(8)13)14(21)16-12-7-10(20(22)23)2-3-11(12)15/h2-7H,1H3,(H,16,21). The predicted octanol–water partition coefficient (Wildman–Crippen LogP) is 2.85. The van der Waals surface area contributed by atoms with Gasteiger partial charge in [0.1, 0.15) is 5.82 Å². The van der Waals surface area contributed by atoms with Crippen molar-refractivity contribution in [3.63, 3.8) is 0 Å². The third-order valence-corrected chi connectivity index (χ3v) is 3.58. The first-order valence-corrected chi connectivity index (χ1v) is 6.90. The van der Waals surface area contributed by atoms with E-state index >= 15 is 0 Å². The zero-order valence-electron chi connectivity index (χ0n) is 11.9. The van der Waals surface area contributed by atoms with Crippen molar-refractivity contribution >= 4 is 34.5 Å². The molecular formula is C14H10ClN5O3. The lowest BCUT2D eigenvalue weighted by atomic mass is 10.2. The largest absolute Gasteiger partial charge is 0.320 e. The number of anilines is 1. The van der Waals surface area contributed by atoms with Gasteiger partial charge in [-0.3, -0.25) is 19.3 Å². The van der Waals surface area contributed by atoms with Crippen LogP contribution in [0.15, 0.2) is 36.5 Å². The molecule has 1 amide bonds. The van der Waals surface area contributed by atoms with Gasteiger partial charge in [0, 0.05) is 23.9 Å². The number of hydrogen-bond acceptors (Lipinski definition) is 5. The molecule has 9 heteroatoms. The maximum atomic E-state index is 12.3. The Bertz CT molecular complexity index is 937. The lowest BCUT2D eigenvalue weighted by Crippen LogP contribution is -2.12. The first-order chi connectivity index (χ1) is 11.0. The highest BCUT2D eigenvalue weighted by atomic mass is 35.5. The van der Waals surface area contributed by atoms with Gasteiger partial charge in [-0.15, -0.1) is 10.2 Å². The van der Waals surface area contributed by atoms with Gasteiger partial charge in [0.25, 0.3) is 11.6 Å². The average Bonchev–Trinajstić information content (AvgIpc) is 2.90. The fourth-order valence-electron chi connectivity index (χ4n) is 2.07. The molecule has 8 nitrogen and oxygen atoms in total. The van der Waals surface area contributed by atoms with Crippen molar-refractivity contribution in [3.8, 4) is 0 Å². The Labute approximate surface area is 134 Å². The van der Waals surface area contributed by atoms with Crippen molar-refractivity contribution in [2.75, 3.05) is 5.32 Å². The van der Waals surface area contributed by atoms with Crippen LogP contribution in [-0.2, 0) is 0 Å². The number of hydrogen-bond donors (Lipinski definition) is 1. The second-order valence-electron chi connectivity index (χ2n) is 4.77. The summed E-state index contributed by atoms with van der Waals surface area (Å²) in [6.07, 6.45) is 1.68. The Hall–Kier alpha value is -3.00. The van der Waals surface area contributed by atoms with Gasteiger partial charge >= 0.3 is 0 Å². The summed E-state index contributed by atoms with van der Waals surface area (Å²) in [6, 6.07) is 7.01.